The van der Waals surface area contributed by atoms with E-state index in [0.29, 0.717) is 22.5 Å². The van der Waals surface area contributed by atoms with E-state index in [1.165, 1.54) is 6.07 Å². The summed E-state index contributed by atoms with van der Waals surface area (Å²) >= 11 is 5.89. The van der Waals surface area contributed by atoms with Crippen LogP contribution in [0.4, 0.5) is 17.5 Å². The Labute approximate surface area is 132 Å². The Bertz CT molecular complexity index is 795. The first kappa shape index (κ1) is 15.2. The normalized spacial score (nSPS) is 10.1. The zero-order chi connectivity index (χ0) is 14.1. The summed E-state index contributed by atoms with van der Waals surface area (Å²) < 4.78 is 0. The van der Waals surface area contributed by atoms with Crippen molar-refractivity contribution in [2.45, 2.75) is 0 Å². The number of aromatic nitrogens is 2. The summed E-state index contributed by atoms with van der Waals surface area (Å²) in [5.74, 6) is 0.739. The number of hydrogen-bond donors (Lipinski definition) is 3. The number of nitrogens with two attached hydrogens (primary N) is 1. The third-order valence-corrected chi connectivity index (χ3v) is 3.07. The number of phenols is 1. The quantitative estimate of drug-likeness (QED) is 0.626. The molecule has 0 saturated carbocycles. The Morgan fingerprint density at radius 1 is 1.10 bits per heavy atom. The molecule has 4 N–H and O–H groups in total. The molecule has 0 bridgehead atoms. The topological polar surface area (TPSA) is 84.1 Å². The van der Waals surface area contributed by atoms with Crippen molar-refractivity contribution in [2.75, 3.05) is 11.1 Å². The fourth-order valence-electron chi connectivity index (χ4n) is 1.89. The van der Waals surface area contributed by atoms with Crippen molar-refractivity contribution in [1.29, 1.82) is 0 Å². The van der Waals surface area contributed by atoms with Gasteiger partial charge in [-0.15, -0.1) is 12.4 Å². The largest absolute Gasteiger partial charge is 0.506 e. The van der Waals surface area contributed by atoms with Crippen LogP contribution in [0.15, 0.2) is 42.5 Å². The van der Waals surface area contributed by atoms with Gasteiger partial charge in [0.05, 0.1) is 11.2 Å². The summed E-state index contributed by atoms with van der Waals surface area (Å²) in [5.41, 5.74) is 7.05. The number of fused-ring (bicyclic) bond motifs is 1. The predicted molar refractivity (Wildman–Crippen MR) is 87.6 cm³/mol. The van der Waals surface area contributed by atoms with E-state index in [2.05, 4.69) is 15.3 Å². The minimum Gasteiger partial charge on any atom is -0.506 e. The molecule has 1 aromatic heterocycles. The summed E-state index contributed by atoms with van der Waals surface area (Å²) in [6.07, 6.45) is 0. The lowest BCUT2D eigenvalue weighted by Crippen LogP contribution is -2.01. The Balaban J connectivity index is 0.00000161. The maximum Gasteiger partial charge on any atom is 0.229 e. The van der Waals surface area contributed by atoms with Crippen molar-refractivity contribution in [3.05, 3.63) is 47.5 Å². The van der Waals surface area contributed by atoms with Crippen LogP contribution in [0.1, 0.15) is 0 Å². The molecule has 5 nitrogen and oxygen atoms in total. The maximum absolute atomic E-state index is 9.77. The molecule has 2 aromatic carbocycles. The van der Waals surface area contributed by atoms with Gasteiger partial charge in [0.25, 0.3) is 0 Å². The molecule has 0 radical (unpaired) electrons. The number of nitrogens with one attached hydrogen (secondary N) is 1. The van der Waals surface area contributed by atoms with Crippen molar-refractivity contribution in [3.8, 4) is 5.75 Å². The van der Waals surface area contributed by atoms with Crippen molar-refractivity contribution in [3.63, 3.8) is 0 Å². The highest BCUT2D eigenvalue weighted by atomic mass is 35.5. The molecule has 0 saturated heterocycles. The molecule has 0 unspecified atom stereocenters. The smallest absolute Gasteiger partial charge is 0.229 e. The highest BCUT2D eigenvalue weighted by molar-refractivity contribution is 6.30. The molecule has 0 aliphatic rings. The molecule has 108 valence electrons. The number of halogens is 2. The van der Waals surface area contributed by atoms with E-state index in [1.54, 1.807) is 12.1 Å². The first-order valence-corrected chi connectivity index (χ1v) is 6.29. The van der Waals surface area contributed by atoms with E-state index in [9.17, 15) is 5.11 Å². The first-order valence-electron chi connectivity index (χ1n) is 5.91. The van der Waals surface area contributed by atoms with Gasteiger partial charge in [-0.2, -0.15) is 4.98 Å². The number of benzene rings is 2. The van der Waals surface area contributed by atoms with Crippen LogP contribution in [-0.2, 0) is 0 Å². The average Bonchev–Trinajstić information content (AvgIpc) is 2.43. The lowest BCUT2D eigenvalue weighted by Gasteiger charge is -2.09. The Hall–Kier alpha value is -2.24. The number of phenolic OH excluding ortho intramolecular Hbond substituents is 1. The number of aromatic hydroxyl groups is 1. The highest BCUT2D eigenvalue weighted by Gasteiger charge is 2.07. The van der Waals surface area contributed by atoms with E-state index >= 15 is 0 Å². The van der Waals surface area contributed by atoms with Crippen LogP contribution in [0, 0.1) is 0 Å². The van der Waals surface area contributed by atoms with Crippen molar-refractivity contribution in [1.82, 2.24) is 9.97 Å². The molecule has 21 heavy (non-hydrogen) atoms. The van der Waals surface area contributed by atoms with Crippen LogP contribution in [0.2, 0.25) is 5.02 Å². The second kappa shape index (κ2) is 6.03. The van der Waals surface area contributed by atoms with Gasteiger partial charge in [-0.25, -0.2) is 4.98 Å². The standard InChI is InChI=1S/C14H11ClN4O.ClH/c15-8-5-6-12(20)11(7-8)18-14-17-10-4-2-1-3-9(10)13(16)19-14;/h1-7,20H,(H3,16,17,18,19);1H. The number of rotatable bonds is 2. The number of hydrogen-bond acceptors (Lipinski definition) is 5. The van der Waals surface area contributed by atoms with Gasteiger partial charge < -0.3 is 16.2 Å². The minimum atomic E-state index is 0. The minimum absolute atomic E-state index is 0. The van der Waals surface area contributed by atoms with Gasteiger partial charge >= 0.3 is 0 Å². The second-order valence-corrected chi connectivity index (χ2v) is 4.67. The first-order chi connectivity index (χ1) is 9.63. The summed E-state index contributed by atoms with van der Waals surface area (Å²) in [7, 11) is 0. The maximum atomic E-state index is 9.77. The highest BCUT2D eigenvalue weighted by Crippen LogP contribution is 2.29. The van der Waals surface area contributed by atoms with Crippen LogP contribution in [0.5, 0.6) is 5.75 Å². The molecule has 0 spiro atoms. The molecule has 1 heterocycles. The summed E-state index contributed by atoms with van der Waals surface area (Å²) in [5, 5.41) is 14.0. The lowest BCUT2D eigenvalue weighted by atomic mass is 10.2. The van der Waals surface area contributed by atoms with Gasteiger partial charge in [-0.05, 0) is 30.3 Å². The van der Waals surface area contributed by atoms with E-state index in [1.807, 2.05) is 24.3 Å². The van der Waals surface area contributed by atoms with Crippen molar-refractivity contribution in [2.24, 2.45) is 0 Å². The fraction of sp³-hybridized carbons (Fsp3) is 0. The van der Waals surface area contributed by atoms with Crippen LogP contribution >= 0.6 is 24.0 Å². The SMILES string of the molecule is Cl.Nc1nc(Nc2cc(Cl)ccc2O)nc2ccccc12. The average molecular weight is 323 g/mol. The van der Waals surface area contributed by atoms with Gasteiger partial charge in [-0.1, -0.05) is 23.7 Å². The second-order valence-electron chi connectivity index (χ2n) is 4.24. The molecule has 7 heteroatoms. The van der Waals surface area contributed by atoms with E-state index in [-0.39, 0.29) is 18.2 Å². The summed E-state index contributed by atoms with van der Waals surface area (Å²) in [6.45, 7) is 0. The van der Waals surface area contributed by atoms with Crippen LogP contribution in [0.25, 0.3) is 10.9 Å². The number of nitrogen functional groups attached to an aromatic ring is 1. The summed E-state index contributed by atoms with van der Waals surface area (Å²) in [6, 6.07) is 12.1. The Kier molecular flexibility index (Phi) is 4.35. The molecule has 0 aliphatic carbocycles. The van der Waals surface area contributed by atoms with E-state index in [0.717, 1.165) is 10.9 Å². The zero-order valence-corrected chi connectivity index (χ0v) is 12.3. The molecular weight excluding hydrogens is 311 g/mol. The van der Waals surface area contributed by atoms with E-state index < -0.39 is 0 Å². The van der Waals surface area contributed by atoms with E-state index in [4.69, 9.17) is 17.3 Å². The monoisotopic (exact) mass is 322 g/mol. The molecule has 0 amide bonds. The zero-order valence-electron chi connectivity index (χ0n) is 10.7. The lowest BCUT2D eigenvalue weighted by molar-refractivity contribution is 0.477. The Morgan fingerprint density at radius 2 is 1.86 bits per heavy atom. The van der Waals surface area contributed by atoms with Crippen LogP contribution < -0.4 is 11.1 Å². The molecule has 0 fully saturated rings. The Morgan fingerprint density at radius 3 is 2.67 bits per heavy atom. The molecule has 0 atom stereocenters. The number of anilines is 3. The summed E-state index contributed by atoms with van der Waals surface area (Å²) in [4.78, 5) is 8.51. The third-order valence-electron chi connectivity index (χ3n) is 2.84. The van der Waals surface area contributed by atoms with Crippen LogP contribution in [0.3, 0.4) is 0 Å². The molecular formula is C14H12Cl2N4O. The number of para-hydroxylation sites is 1. The van der Waals surface area contributed by atoms with Crippen molar-refractivity contribution >= 4 is 52.4 Å². The fourth-order valence-corrected chi connectivity index (χ4v) is 2.06. The molecule has 0 aliphatic heterocycles. The van der Waals surface area contributed by atoms with Gasteiger partial charge in [0.2, 0.25) is 5.95 Å². The third kappa shape index (κ3) is 3.09. The van der Waals surface area contributed by atoms with Gasteiger partial charge in [0, 0.05) is 10.4 Å². The number of nitrogens with zero attached hydrogens (tertiary/aromatic N) is 2. The van der Waals surface area contributed by atoms with Gasteiger partial charge in [0.1, 0.15) is 11.6 Å². The molecule has 3 rings (SSSR count). The van der Waals surface area contributed by atoms with Gasteiger partial charge in [-0.3, -0.25) is 0 Å². The van der Waals surface area contributed by atoms with Crippen molar-refractivity contribution < 1.29 is 5.11 Å². The molecule has 3 aromatic rings. The predicted octanol–water partition coefficient (Wildman–Crippen LogP) is 3.74. The van der Waals surface area contributed by atoms with Gasteiger partial charge in [0.15, 0.2) is 0 Å². The van der Waals surface area contributed by atoms with Crippen LogP contribution in [-0.4, -0.2) is 15.1 Å².